The van der Waals surface area contributed by atoms with E-state index >= 15 is 0 Å². The van der Waals surface area contributed by atoms with Crippen LogP contribution in [0.4, 0.5) is 4.39 Å². The molecule has 23 heavy (non-hydrogen) atoms. The fourth-order valence-corrected chi connectivity index (χ4v) is 2.63. The molecule has 2 aromatic carbocycles. The maximum absolute atomic E-state index is 12.8. The predicted octanol–water partition coefficient (Wildman–Crippen LogP) is 4.15. The van der Waals surface area contributed by atoms with E-state index in [2.05, 4.69) is 18.2 Å². The molecular weight excluding hydrogens is 289 g/mol. The summed E-state index contributed by atoms with van der Waals surface area (Å²) in [5, 5.41) is 0. The first-order valence-corrected chi connectivity index (χ1v) is 7.69. The first-order chi connectivity index (χ1) is 11.2. The van der Waals surface area contributed by atoms with Crippen molar-refractivity contribution in [3.05, 3.63) is 83.7 Å². The van der Waals surface area contributed by atoms with Gasteiger partial charge in [0.2, 0.25) is 5.91 Å². The van der Waals surface area contributed by atoms with E-state index in [1.54, 1.807) is 24.3 Å². The van der Waals surface area contributed by atoms with Gasteiger partial charge in [-0.05, 0) is 41.3 Å². The molecule has 116 valence electrons. The van der Waals surface area contributed by atoms with Gasteiger partial charge in [0.1, 0.15) is 5.82 Å². The van der Waals surface area contributed by atoms with Gasteiger partial charge in [-0.1, -0.05) is 48.5 Å². The highest BCUT2D eigenvalue weighted by Crippen LogP contribution is 2.22. The Morgan fingerprint density at radius 1 is 1.04 bits per heavy atom. The van der Waals surface area contributed by atoms with Crippen LogP contribution in [0.25, 0.3) is 11.6 Å². The van der Waals surface area contributed by atoms with Crippen molar-refractivity contribution in [2.45, 2.75) is 6.42 Å². The molecule has 0 aliphatic carbocycles. The van der Waals surface area contributed by atoms with Gasteiger partial charge in [-0.2, -0.15) is 0 Å². The summed E-state index contributed by atoms with van der Waals surface area (Å²) < 4.78 is 12.8. The molecule has 0 atom stereocenters. The molecule has 0 bridgehead atoms. The first-order valence-electron chi connectivity index (χ1n) is 7.69. The third-order valence-corrected chi connectivity index (χ3v) is 3.95. The number of hydrogen-bond donors (Lipinski definition) is 0. The highest BCUT2D eigenvalue weighted by Gasteiger charge is 2.15. The van der Waals surface area contributed by atoms with Gasteiger partial charge in [-0.3, -0.25) is 4.79 Å². The Labute approximate surface area is 135 Å². The average molecular weight is 307 g/mol. The zero-order valence-electron chi connectivity index (χ0n) is 12.8. The van der Waals surface area contributed by atoms with Gasteiger partial charge in [0.15, 0.2) is 0 Å². The standard InChI is InChI=1S/C20H18FNO/c21-19-9-6-16(7-10-19)8-11-20(23)22-14-12-18(13-15-22)17-4-2-1-3-5-17/h1-12H,13-15H2/b11-8+. The van der Waals surface area contributed by atoms with Crippen molar-refractivity contribution in [2.24, 2.45) is 0 Å². The van der Waals surface area contributed by atoms with Crippen molar-refractivity contribution in [1.82, 2.24) is 4.90 Å². The second kappa shape index (κ2) is 7.05. The molecule has 0 unspecified atom stereocenters. The molecule has 2 aromatic rings. The molecule has 1 heterocycles. The van der Waals surface area contributed by atoms with Crippen molar-refractivity contribution < 1.29 is 9.18 Å². The van der Waals surface area contributed by atoms with Gasteiger partial charge in [0.05, 0.1) is 0 Å². The lowest BCUT2D eigenvalue weighted by molar-refractivity contribution is -0.125. The van der Waals surface area contributed by atoms with Crippen molar-refractivity contribution in [2.75, 3.05) is 13.1 Å². The molecule has 3 rings (SSSR count). The smallest absolute Gasteiger partial charge is 0.246 e. The maximum atomic E-state index is 12.8. The molecule has 2 nitrogen and oxygen atoms in total. The summed E-state index contributed by atoms with van der Waals surface area (Å²) in [7, 11) is 0. The molecule has 0 N–H and O–H groups in total. The Morgan fingerprint density at radius 2 is 1.78 bits per heavy atom. The molecule has 0 saturated heterocycles. The number of carbonyl (C=O) groups excluding carboxylic acids is 1. The van der Waals surface area contributed by atoms with Crippen LogP contribution in [0.3, 0.4) is 0 Å². The summed E-state index contributed by atoms with van der Waals surface area (Å²) in [5.41, 5.74) is 3.33. The highest BCUT2D eigenvalue weighted by atomic mass is 19.1. The average Bonchev–Trinajstić information content (AvgIpc) is 2.62. The predicted molar refractivity (Wildman–Crippen MR) is 91.1 cm³/mol. The lowest BCUT2D eigenvalue weighted by Crippen LogP contribution is -2.33. The minimum atomic E-state index is -0.275. The molecule has 0 radical (unpaired) electrons. The van der Waals surface area contributed by atoms with Crippen molar-refractivity contribution in [3.63, 3.8) is 0 Å². The second-order valence-corrected chi connectivity index (χ2v) is 5.51. The summed E-state index contributed by atoms with van der Waals surface area (Å²) in [4.78, 5) is 14.0. The van der Waals surface area contributed by atoms with Gasteiger partial charge in [-0.15, -0.1) is 0 Å². The minimum absolute atomic E-state index is 0.0160. The number of rotatable bonds is 3. The van der Waals surface area contributed by atoms with E-state index in [9.17, 15) is 9.18 Å². The van der Waals surface area contributed by atoms with Crippen molar-refractivity contribution >= 4 is 17.6 Å². The lowest BCUT2D eigenvalue weighted by Gasteiger charge is -2.25. The highest BCUT2D eigenvalue weighted by molar-refractivity contribution is 5.92. The Balaban J connectivity index is 1.62. The summed E-state index contributed by atoms with van der Waals surface area (Å²) in [5.74, 6) is -0.291. The Kier molecular flexibility index (Phi) is 4.67. The van der Waals surface area contributed by atoms with E-state index in [4.69, 9.17) is 0 Å². The molecule has 1 amide bonds. The van der Waals surface area contributed by atoms with Crippen LogP contribution in [-0.2, 0) is 4.79 Å². The van der Waals surface area contributed by atoms with Crippen LogP contribution >= 0.6 is 0 Å². The molecular formula is C20H18FNO. The Bertz CT molecular complexity index is 732. The molecule has 0 spiro atoms. The first kappa shape index (κ1) is 15.2. The number of halogens is 1. The third kappa shape index (κ3) is 3.95. The van der Waals surface area contributed by atoms with E-state index in [-0.39, 0.29) is 11.7 Å². The van der Waals surface area contributed by atoms with Crippen LogP contribution in [-0.4, -0.2) is 23.9 Å². The number of benzene rings is 2. The normalized spacial score (nSPS) is 14.8. The summed E-state index contributed by atoms with van der Waals surface area (Å²) >= 11 is 0. The number of nitrogens with zero attached hydrogens (tertiary/aromatic N) is 1. The van der Waals surface area contributed by atoms with Crippen LogP contribution in [0.15, 0.2) is 66.7 Å². The fraction of sp³-hybridized carbons (Fsp3) is 0.150. The number of carbonyl (C=O) groups is 1. The summed E-state index contributed by atoms with van der Waals surface area (Å²) in [6.45, 7) is 1.34. The van der Waals surface area contributed by atoms with E-state index in [0.29, 0.717) is 13.1 Å². The molecule has 3 heteroatoms. The van der Waals surface area contributed by atoms with Crippen LogP contribution in [0.1, 0.15) is 17.5 Å². The summed E-state index contributed by atoms with van der Waals surface area (Å²) in [6, 6.07) is 16.3. The lowest BCUT2D eigenvalue weighted by atomic mass is 9.99. The Morgan fingerprint density at radius 3 is 2.43 bits per heavy atom. The maximum Gasteiger partial charge on any atom is 0.246 e. The number of amides is 1. The van der Waals surface area contributed by atoms with Gasteiger partial charge >= 0.3 is 0 Å². The molecule has 0 saturated carbocycles. The monoisotopic (exact) mass is 307 g/mol. The topological polar surface area (TPSA) is 20.3 Å². The minimum Gasteiger partial charge on any atom is -0.335 e. The van der Waals surface area contributed by atoms with Crippen LogP contribution in [0, 0.1) is 5.82 Å². The van der Waals surface area contributed by atoms with Crippen molar-refractivity contribution in [3.8, 4) is 0 Å². The molecule has 0 aromatic heterocycles. The SMILES string of the molecule is O=C(/C=C/c1ccc(F)cc1)N1CC=C(c2ccccc2)CC1. The Hall–Kier alpha value is -2.68. The van der Waals surface area contributed by atoms with E-state index in [1.165, 1.54) is 23.3 Å². The van der Waals surface area contributed by atoms with Gasteiger partial charge in [0.25, 0.3) is 0 Å². The van der Waals surface area contributed by atoms with Gasteiger partial charge < -0.3 is 4.90 Å². The quantitative estimate of drug-likeness (QED) is 0.780. The molecule has 1 aliphatic rings. The largest absolute Gasteiger partial charge is 0.335 e. The van der Waals surface area contributed by atoms with Gasteiger partial charge in [0, 0.05) is 19.2 Å². The zero-order valence-corrected chi connectivity index (χ0v) is 12.8. The number of hydrogen-bond acceptors (Lipinski definition) is 1. The molecule has 0 fully saturated rings. The zero-order chi connectivity index (χ0) is 16.1. The van der Waals surface area contributed by atoms with E-state index in [0.717, 1.165) is 12.0 Å². The van der Waals surface area contributed by atoms with Crippen LogP contribution in [0.2, 0.25) is 0 Å². The van der Waals surface area contributed by atoms with Crippen LogP contribution in [0.5, 0.6) is 0 Å². The second-order valence-electron chi connectivity index (χ2n) is 5.51. The molecule has 1 aliphatic heterocycles. The van der Waals surface area contributed by atoms with Gasteiger partial charge in [-0.25, -0.2) is 4.39 Å². The van der Waals surface area contributed by atoms with Crippen LogP contribution < -0.4 is 0 Å². The van der Waals surface area contributed by atoms with E-state index in [1.807, 2.05) is 23.1 Å². The summed E-state index contributed by atoms with van der Waals surface area (Å²) in [6.07, 6.45) is 6.25. The third-order valence-electron chi connectivity index (χ3n) is 3.95. The fourth-order valence-electron chi connectivity index (χ4n) is 2.63. The van der Waals surface area contributed by atoms with E-state index < -0.39 is 0 Å². The van der Waals surface area contributed by atoms with Crippen molar-refractivity contribution in [1.29, 1.82) is 0 Å².